The number of halogens is 1. The molecule has 2 N–H and O–H groups in total. The zero-order valence-electron chi connectivity index (χ0n) is 10.5. The van der Waals surface area contributed by atoms with Crippen molar-refractivity contribution >= 4 is 29.2 Å². The summed E-state index contributed by atoms with van der Waals surface area (Å²) in [5.74, 6) is -2.08. The lowest BCUT2D eigenvalue weighted by molar-refractivity contribution is -0.385. The summed E-state index contributed by atoms with van der Waals surface area (Å²) in [6.45, 7) is 1.76. The molecular formula is C11H12ClN3O5. The molecule has 0 radical (unpaired) electrons. The van der Waals surface area contributed by atoms with Crippen molar-refractivity contribution in [2.75, 3.05) is 0 Å². The monoisotopic (exact) mass is 301 g/mol. The Balaban J connectivity index is 3.05. The van der Waals surface area contributed by atoms with Gasteiger partial charge < -0.3 is 10.4 Å². The standard InChI is InChI=1S/C11H12ClN3O5/c1-2-3-7(11(17)18)14-10(16)6-4-9(12)13-5-8(6)15(19)20/h4-5,7H,2-3H2,1H3,(H,14,16)(H,17,18)/t7-/m0/s1. The van der Waals surface area contributed by atoms with Gasteiger partial charge in [0.05, 0.1) is 4.92 Å². The first kappa shape index (κ1) is 15.8. The number of nitrogens with one attached hydrogen (secondary N) is 1. The lowest BCUT2D eigenvalue weighted by Crippen LogP contribution is -2.40. The van der Waals surface area contributed by atoms with Gasteiger partial charge in [-0.3, -0.25) is 14.9 Å². The number of carbonyl (C=O) groups is 2. The van der Waals surface area contributed by atoms with E-state index in [0.29, 0.717) is 6.42 Å². The van der Waals surface area contributed by atoms with Crippen LogP contribution in [0.3, 0.4) is 0 Å². The summed E-state index contributed by atoms with van der Waals surface area (Å²) in [4.78, 5) is 36.4. The van der Waals surface area contributed by atoms with Crippen LogP contribution in [-0.2, 0) is 4.79 Å². The molecule has 0 saturated carbocycles. The highest BCUT2D eigenvalue weighted by atomic mass is 35.5. The minimum Gasteiger partial charge on any atom is -0.480 e. The Hall–Kier alpha value is -2.22. The van der Waals surface area contributed by atoms with Gasteiger partial charge in [-0.15, -0.1) is 0 Å². The molecule has 0 aliphatic heterocycles. The molecule has 1 rings (SSSR count). The second-order valence-electron chi connectivity index (χ2n) is 3.93. The predicted octanol–water partition coefficient (Wildman–Crippen LogP) is 1.63. The van der Waals surface area contributed by atoms with Crippen LogP contribution in [0.25, 0.3) is 0 Å². The van der Waals surface area contributed by atoms with Gasteiger partial charge in [0, 0.05) is 0 Å². The van der Waals surface area contributed by atoms with Gasteiger partial charge in [0.2, 0.25) is 0 Å². The van der Waals surface area contributed by atoms with Gasteiger partial charge >= 0.3 is 5.97 Å². The fourth-order valence-corrected chi connectivity index (χ4v) is 1.69. The fourth-order valence-electron chi connectivity index (χ4n) is 1.53. The molecule has 8 nitrogen and oxygen atoms in total. The first-order chi connectivity index (χ1) is 9.36. The minimum absolute atomic E-state index is 0.0943. The highest BCUT2D eigenvalue weighted by Crippen LogP contribution is 2.20. The van der Waals surface area contributed by atoms with E-state index < -0.39 is 28.5 Å². The van der Waals surface area contributed by atoms with Crippen molar-refractivity contribution < 1.29 is 19.6 Å². The average Bonchev–Trinajstić information content (AvgIpc) is 2.37. The summed E-state index contributed by atoms with van der Waals surface area (Å²) in [5.41, 5.74) is -0.857. The summed E-state index contributed by atoms with van der Waals surface area (Å²) in [6, 6.07) is -0.0843. The Kier molecular flexibility index (Phi) is 5.39. The zero-order valence-corrected chi connectivity index (χ0v) is 11.3. The highest BCUT2D eigenvalue weighted by molar-refractivity contribution is 6.29. The number of pyridine rings is 1. The van der Waals surface area contributed by atoms with E-state index in [1.165, 1.54) is 0 Å². The van der Waals surface area contributed by atoms with E-state index in [-0.39, 0.29) is 17.1 Å². The van der Waals surface area contributed by atoms with Crippen molar-refractivity contribution in [1.29, 1.82) is 0 Å². The van der Waals surface area contributed by atoms with Crippen LogP contribution < -0.4 is 5.32 Å². The van der Waals surface area contributed by atoms with Crippen molar-refractivity contribution in [2.45, 2.75) is 25.8 Å². The molecule has 1 aromatic rings. The van der Waals surface area contributed by atoms with Crippen molar-refractivity contribution in [3.63, 3.8) is 0 Å². The third-order valence-electron chi connectivity index (χ3n) is 2.47. The summed E-state index contributed by atoms with van der Waals surface area (Å²) in [6.07, 6.45) is 1.61. The quantitative estimate of drug-likeness (QED) is 0.467. The number of nitrogens with zero attached hydrogens (tertiary/aromatic N) is 2. The van der Waals surface area contributed by atoms with E-state index in [0.717, 1.165) is 12.3 Å². The van der Waals surface area contributed by atoms with Crippen LogP contribution in [0.4, 0.5) is 5.69 Å². The molecule has 0 fully saturated rings. The van der Waals surface area contributed by atoms with Crippen molar-refractivity contribution in [1.82, 2.24) is 10.3 Å². The number of nitro groups is 1. The molecule has 0 aliphatic rings. The van der Waals surface area contributed by atoms with E-state index in [1.807, 2.05) is 0 Å². The van der Waals surface area contributed by atoms with Gasteiger partial charge in [0.25, 0.3) is 11.6 Å². The summed E-state index contributed by atoms with van der Waals surface area (Å²) >= 11 is 5.60. The maximum absolute atomic E-state index is 11.9. The maximum Gasteiger partial charge on any atom is 0.326 e. The molecule has 0 saturated heterocycles. The van der Waals surface area contributed by atoms with Gasteiger partial charge in [-0.1, -0.05) is 24.9 Å². The van der Waals surface area contributed by atoms with Crippen LogP contribution in [0.5, 0.6) is 0 Å². The van der Waals surface area contributed by atoms with E-state index in [2.05, 4.69) is 10.3 Å². The molecule has 0 aliphatic carbocycles. The predicted molar refractivity (Wildman–Crippen MR) is 69.7 cm³/mol. The highest BCUT2D eigenvalue weighted by Gasteiger charge is 2.25. The van der Waals surface area contributed by atoms with Crippen LogP contribution in [0, 0.1) is 10.1 Å². The van der Waals surface area contributed by atoms with Gasteiger partial charge in [0.1, 0.15) is 23.0 Å². The van der Waals surface area contributed by atoms with E-state index in [1.54, 1.807) is 6.92 Å². The normalized spacial score (nSPS) is 11.7. The average molecular weight is 302 g/mol. The summed E-state index contributed by atoms with van der Waals surface area (Å²) < 4.78 is 0. The SMILES string of the molecule is CCC[C@H](NC(=O)c1cc(Cl)ncc1[N+](=O)[O-])C(=O)O. The number of amides is 1. The van der Waals surface area contributed by atoms with E-state index in [9.17, 15) is 19.7 Å². The van der Waals surface area contributed by atoms with Gasteiger partial charge in [-0.25, -0.2) is 9.78 Å². The van der Waals surface area contributed by atoms with Gasteiger partial charge in [-0.2, -0.15) is 0 Å². The van der Waals surface area contributed by atoms with Crippen LogP contribution in [0.1, 0.15) is 30.1 Å². The molecule has 0 spiro atoms. The Morgan fingerprint density at radius 2 is 2.25 bits per heavy atom. The van der Waals surface area contributed by atoms with Crippen molar-refractivity contribution in [3.05, 3.63) is 33.1 Å². The number of carboxylic acids is 1. The second-order valence-corrected chi connectivity index (χ2v) is 4.32. The topological polar surface area (TPSA) is 122 Å². The summed E-state index contributed by atoms with van der Waals surface area (Å²) in [7, 11) is 0. The largest absolute Gasteiger partial charge is 0.480 e. The first-order valence-electron chi connectivity index (χ1n) is 5.70. The smallest absolute Gasteiger partial charge is 0.326 e. The number of hydrogen-bond donors (Lipinski definition) is 2. The molecule has 0 aromatic carbocycles. The molecule has 1 aromatic heterocycles. The fraction of sp³-hybridized carbons (Fsp3) is 0.364. The van der Waals surface area contributed by atoms with Crippen LogP contribution in [0.2, 0.25) is 5.15 Å². The minimum atomic E-state index is -1.21. The molecule has 9 heteroatoms. The molecule has 0 bridgehead atoms. The first-order valence-corrected chi connectivity index (χ1v) is 6.08. The zero-order chi connectivity index (χ0) is 15.3. The van der Waals surface area contributed by atoms with E-state index in [4.69, 9.17) is 16.7 Å². The van der Waals surface area contributed by atoms with E-state index >= 15 is 0 Å². The maximum atomic E-state index is 11.9. The Bertz CT molecular complexity index is 549. The number of aromatic nitrogens is 1. The molecular weight excluding hydrogens is 290 g/mol. The number of carboxylic acid groups (broad SMARTS) is 1. The molecule has 1 atom stereocenters. The van der Waals surface area contributed by atoms with Crippen molar-refractivity contribution in [2.24, 2.45) is 0 Å². The molecule has 108 valence electrons. The number of carbonyl (C=O) groups excluding carboxylic acids is 1. The second kappa shape index (κ2) is 6.80. The summed E-state index contributed by atoms with van der Waals surface area (Å²) in [5, 5.41) is 21.9. The molecule has 0 unspecified atom stereocenters. The van der Waals surface area contributed by atoms with Crippen LogP contribution in [0.15, 0.2) is 12.3 Å². The number of rotatable bonds is 6. The number of aliphatic carboxylic acids is 1. The van der Waals surface area contributed by atoms with Crippen molar-refractivity contribution in [3.8, 4) is 0 Å². The molecule has 20 heavy (non-hydrogen) atoms. The van der Waals surface area contributed by atoms with Gasteiger partial charge in [0.15, 0.2) is 0 Å². The lowest BCUT2D eigenvalue weighted by Gasteiger charge is -2.13. The third-order valence-corrected chi connectivity index (χ3v) is 2.68. The van der Waals surface area contributed by atoms with Crippen LogP contribution >= 0.6 is 11.6 Å². The Morgan fingerprint density at radius 1 is 1.60 bits per heavy atom. The van der Waals surface area contributed by atoms with Gasteiger partial charge in [-0.05, 0) is 12.5 Å². The Morgan fingerprint density at radius 3 is 2.75 bits per heavy atom. The Labute approximate surface area is 118 Å². The molecule has 1 amide bonds. The molecule has 1 heterocycles. The number of hydrogen-bond acceptors (Lipinski definition) is 5. The van der Waals surface area contributed by atoms with Crippen LogP contribution in [-0.4, -0.2) is 32.9 Å². The third kappa shape index (κ3) is 3.89. The lowest BCUT2D eigenvalue weighted by atomic mass is 10.1.